The molecule has 0 spiro atoms. The Morgan fingerprint density at radius 1 is 1.00 bits per heavy atom. The molecule has 2 aliphatic carbocycles. The predicted octanol–water partition coefficient (Wildman–Crippen LogP) is 1.31. The van der Waals surface area contributed by atoms with Crippen LogP contribution >= 0.6 is 0 Å². The molecule has 20 heavy (non-hydrogen) atoms. The van der Waals surface area contributed by atoms with Crippen LogP contribution in [0.15, 0.2) is 0 Å². The number of carbonyl (C=O) groups excluding carboxylic acids is 1. The van der Waals surface area contributed by atoms with Gasteiger partial charge in [0.2, 0.25) is 0 Å². The Balaban J connectivity index is 0.000000283. The van der Waals surface area contributed by atoms with Crippen LogP contribution in [-0.4, -0.2) is 44.0 Å². The van der Waals surface area contributed by atoms with E-state index in [9.17, 15) is 4.79 Å². The Morgan fingerprint density at radius 3 is 2.15 bits per heavy atom. The summed E-state index contributed by atoms with van der Waals surface area (Å²) >= 11 is 0. The van der Waals surface area contributed by atoms with E-state index in [1.165, 1.54) is 0 Å². The Labute approximate surface area is 134 Å². The molecule has 10 radical (unpaired) electrons. The van der Waals surface area contributed by atoms with Gasteiger partial charge in [0.15, 0.2) is 0 Å². The van der Waals surface area contributed by atoms with Crippen LogP contribution in [0.3, 0.4) is 0 Å². The van der Waals surface area contributed by atoms with Gasteiger partial charge in [0.05, 0.1) is 19.1 Å². The van der Waals surface area contributed by atoms with Crippen molar-refractivity contribution in [1.29, 1.82) is 0 Å². The smallest absolute Gasteiger partial charge is 0.379 e. The van der Waals surface area contributed by atoms with Gasteiger partial charge in [-0.15, -0.1) is 0 Å². The van der Waals surface area contributed by atoms with Crippen molar-refractivity contribution in [3.05, 3.63) is 63.2 Å². The first-order chi connectivity index (χ1) is 9.40. The SMILES string of the molecule is O=C[C]1[CH][CH][CH][C]1CN1CCOCC1.[CH]1[CH][CH][CH][CH]1.[Fe+2]. The van der Waals surface area contributed by atoms with Gasteiger partial charge < -0.3 is 9.53 Å². The van der Waals surface area contributed by atoms with Crippen LogP contribution in [0.25, 0.3) is 0 Å². The third-order valence-electron chi connectivity index (χ3n) is 3.12. The number of hydrogen-bond donors (Lipinski definition) is 0. The number of nitrogens with zero attached hydrogens (tertiary/aromatic N) is 1. The van der Waals surface area contributed by atoms with Gasteiger partial charge in [-0.3, -0.25) is 4.90 Å². The van der Waals surface area contributed by atoms with Crippen LogP contribution in [0.5, 0.6) is 0 Å². The first kappa shape index (κ1) is 18.2. The zero-order valence-electron chi connectivity index (χ0n) is 11.3. The molecule has 1 saturated heterocycles. The number of ether oxygens (including phenoxy) is 1. The van der Waals surface area contributed by atoms with E-state index in [4.69, 9.17) is 4.74 Å². The summed E-state index contributed by atoms with van der Waals surface area (Å²) in [5, 5.41) is 0. The molecular formula is C16H19FeNO2+2. The summed E-state index contributed by atoms with van der Waals surface area (Å²) in [4.78, 5) is 13.0. The van der Waals surface area contributed by atoms with E-state index < -0.39 is 0 Å². The molecular weight excluding hydrogens is 294 g/mol. The van der Waals surface area contributed by atoms with Crippen molar-refractivity contribution in [2.24, 2.45) is 0 Å². The minimum absolute atomic E-state index is 0. The Hall–Kier alpha value is 0.109. The van der Waals surface area contributed by atoms with Crippen molar-refractivity contribution >= 4 is 6.29 Å². The summed E-state index contributed by atoms with van der Waals surface area (Å²) in [5.74, 6) is 1.94. The Bertz CT molecular complexity index is 245. The summed E-state index contributed by atoms with van der Waals surface area (Å²) in [6.07, 6.45) is 16.7. The van der Waals surface area contributed by atoms with Gasteiger partial charge in [0, 0.05) is 25.6 Å². The molecule has 1 heterocycles. The second kappa shape index (κ2) is 10.8. The van der Waals surface area contributed by atoms with Crippen LogP contribution in [-0.2, 0) is 26.6 Å². The number of hydrogen-bond acceptors (Lipinski definition) is 3. The van der Waals surface area contributed by atoms with Gasteiger partial charge >= 0.3 is 17.1 Å². The van der Waals surface area contributed by atoms with E-state index in [0.29, 0.717) is 0 Å². The third kappa shape index (κ3) is 6.26. The summed E-state index contributed by atoms with van der Waals surface area (Å²) in [6.45, 7) is 4.39. The molecule has 3 fully saturated rings. The van der Waals surface area contributed by atoms with E-state index in [2.05, 4.69) is 4.90 Å². The van der Waals surface area contributed by atoms with E-state index >= 15 is 0 Å². The zero-order valence-corrected chi connectivity index (χ0v) is 12.5. The summed E-state index contributed by atoms with van der Waals surface area (Å²) in [6, 6.07) is 0. The largest absolute Gasteiger partial charge is 2.00 e. The molecule has 0 aromatic heterocycles. The van der Waals surface area contributed by atoms with Crippen molar-refractivity contribution in [2.75, 3.05) is 32.8 Å². The average Bonchev–Trinajstić information content (AvgIpc) is 3.14. The molecule has 3 nitrogen and oxygen atoms in total. The molecule has 3 rings (SSSR count). The molecule has 0 aromatic carbocycles. The molecule has 0 N–H and O–H groups in total. The van der Waals surface area contributed by atoms with Gasteiger partial charge in [-0.05, 0) is 51.4 Å². The summed E-state index contributed by atoms with van der Waals surface area (Å²) in [5.41, 5.74) is 0. The van der Waals surface area contributed by atoms with Gasteiger partial charge in [-0.2, -0.15) is 0 Å². The monoisotopic (exact) mass is 313 g/mol. The first-order valence-electron chi connectivity index (χ1n) is 6.56. The molecule has 2 saturated carbocycles. The quantitative estimate of drug-likeness (QED) is 0.581. The topological polar surface area (TPSA) is 29.5 Å². The van der Waals surface area contributed by atoms with Crippen LogP contribution in [0.4, 0.5) is 0 Å². The summed E-state index contributed by atoms with van der Waals surface area (Å²) < 4.78 is 5.26. The molecule has 0 amide bonds. The van der Waals surface area contributed by atoms with Gasteiger partial charge in [-0.25, -0.2) is 0 Å². The minimum atomic E-state index is 0. The van der Waals surface area contributed by atoms with E-state index in [1.807, 2.05) is 51.4 Å². The first-order valence-corrected chi connectivity index (χ1v) is 6.56. The number of carbonyl (C=O) groups is 1. The Morgan fingerprint density at radius 2 is 1.60 bits per heavy atom. The minimum Gasteiger partial charge on any atom is -0.379 e. The molecule has 3 aliphatic rings. The zero-order chi connectivity index (χ0) is 13.3. The van der Waals surface area contributed by atoms with Crippen molar-refractivity contribution < 1.29 is 26.6 Å². The second-order valence-electron chi connectivity index (χ2n) is 4.47. The molecule has 0 aromatic rings. The van der Waals surface area contributed by atoms with Crippen molar-refractivity contribution in [1.82, 2.24) is 4.90 Å². The van der Waals surface area contributed by atoms with E-state index in [1.54, 1.807) is 0 Å². The maximum Gasteiger partial charge on any atom is 2.00 e. The normalized spacial score (nSPS) is 24.8. The van der Waals surface area contributed by atoms with E-state index in [0.717, 1.165) is 51.0 Å². The molecule has 0 bridgehead atoms. The fourth-order valence-corrected chi connectivity index (χ4v) is 2.05. The van der Waals surface area contributed by atoms with Gasteiger partial charge in [-0.1, -0.05) is 0 Å². The van der Waals surface area contributed by atoms with Crippen LogP contribution < -0.4 is 0 Å². The van der Waals surface area contributed by atoms with Gasteiger partial charge in [0.25, 0.3) is 0 Å². The number of aldehydes is 1. The molecule has 4 heteroatoms. The fourth-order valence-electron chi connectivity index (χ4n) is 2.05. The standard InChI is InChI=1S/C11H14NO2.C5H5.Fe/c13-9-11-3-1-2-10(11)8-12-4-6-14-7-5-12;1-2-4-5-3-1;/h1-3,9H,4-8H2;1-5H;/q;;+2. The Kier molecular flexibility index (Phi) is 9.79. The van der Waals surface area contributed by atoms with Crippen molar-refractivity contribution in [3.63, 3.8) is 0 Å². The maximum atomic E-state index is 10.7. The average molecular weight is 313 g/mol. The molecule has 106 valence electrons. The van der Waals surface area contributed by atoms with E-state index in [-0.39, 0.29) is 17.1 Å². The number of morpholine rings is 1. The molecule has 1 aliphatic heterocycles. The van der Waals surface area contributed by atoms with Crippen molar-refractivity contribution in [3.8, 4) is 0 Å². The number of rotatable bonds is 3. The third-order valence-corrected chi connectivity index (χ3v) is 3.12. The maximum absolute atomic E-state index is 10.7. The fraction of sp³-hybridized carbons (Fsp3) is 0.312. The van der Waals surface area contributed by atoms with Crippen molar-refractivity contribution in [2.45, 2.75) is 0 Å². The van der Waals surface area contributed by atoms with Gasteiger partial charge in [0.1, 0.15) is 6.29 Å². The van der Waals surface area contributed by atoms with Crippen LogP contribution in [0, 0.1) is 63.2 Å². The van der Waals surface area contributed by atoms with Crippen LogP contribution in [0.2, 0.25) is 0 Å². The molecule has 0 atom stereocenters. The second-order valence-corrected chi connectivity index (χ2v) is 4.47. The van der Waals surface area contributed by atoms with Crippen LogP contribution in [0.1, 0.15) is 0 Å². The molecule has 0 unspecified atom stereocenters. The summed E-state index contributed by atoms with van der Waals surface area (Å²) in [7, 11) is 0. The predicted molar refractivity (Wildman–Crippen MR) is 74.2 cm³/mol.